The molecular weight excluding hydrogens is 244 g/mol. The molecule has 0 bridgehead atoms. The highest BCUT2D eigenvalue weighted by molar-refractivity contribution is 7.12. The van der Waals surface area contributed by atoms with Gasteiger partial charge in [-0.05, 0) is 6.92 Å². The molecule has 0 aliphatic rings. The van der Waals surface area contributed by atoms with Gasteiger partial charge in [0.15, 0.2) is 0 Å². The Balaban J connectivity index is 2.37. The largest absolute Gasteiger partial charge is 0.288 e. The van der Waals surface area contributed by atoms with E-state index in [1.54, 1.807) is 24.3 Å². The van der Waals surface area contributed by atoms with Crippen molar-refractivity contribution in [2.75, 3.05) is 0 Å². The molecule has 0 aliphatic heterocycles. The molecule has 0 N–H and O–H groups in total. The third-order valence-electron chi connectivity index (χ3n) is 2.32. The van der Waals surface area contributed by atoms with E-state index < -0.39 is 17.9 Å². The van der Waals surface area contributed by atoms with Gasteiger partial charge >= 0.3 is 0 Å². The minimum atomic E-state index is -2.72. The summed E-state index contributed by atoms with van der Waals surface area (Å²) in [6.45, 7) is 1.89. The van der Waals surface area contributed by atoms with E-state index in [-0.39, 0.29) is 4.88 Å². The van der Waals surface area contributed by atoms with Crippen molar-refractivity contribution < 1.29 is 13.6 Å². The van der Waals surface area contributed by atoms with Crippen LogP contribution in [0.4, 0.5) is 8.78 Å². The second-order valence-corrected chi connectivity index (χ2v) is 4.42. The fourth-order valence-electron chi connectivity index (χ4n) is 1.42. The standard InChI is InChI=1S/C12H9F2NOS/c1-7-2-4-8(5-3-7)10(16)11-9(12(13)14)15-6-17-11/h2-6,12H,1H3. The number of rotatable bonds is 3. The number of carbonyl (C=O) groups excluding carboxylic acids is 1. The summed E-state index contributed by atoms with van der Waals surface area (Å²) in [4.78, 5) is 15.5. The third-order valence-corrected chi connectivity index (χ3v) is 3.16. The minimum Gasteiger partial charge on any atom is -0.288 e. The summed E-state index contributed by atoms with van der Waals surface area (Å²) < 4.78 is 25.2. The molecule has 2 aromatic rings. The Bertz CT molecular complexity index is 534. The predicted molar refractivity (Wildman–Crippen MR) is 61.7 cm³/mol. The van der Waals surface area contributed by atoms with Gasteiger partial charge in [0.25, 0.3) is 6.43 Å². The summed E-state index contributed by atoms with van der Waals surface area (Å²) in [5, 5.41) is 0. The summed E-state index contributed by atoms with van der Waals surface area (Å²) in [5.41, 5.74) is 2.25. The Morgan fingerprint density at radius 3 is 2.53 bits per heavy atom. The number of benzene rings is 1. The number of hydrogen-bond donors (Lipinski definition) is 0. The molecule has 1 aromatic heterocycles. The number of ketones is 1. The van der Waals surface area contributed by atoms with Crippen LogP contribution in [0.5, 0.6) is 0 Å². The van der Waals surface area contributed by atoms with E-state index in [2.05, 4.69) is 4.98 Å². The molecule has 2 rings (SSSR count). The summed E-state index contributed by atoms with van der Waals surface area (Å²) in [6.07, 6.45) is -2.72. The van der Waals surface area contributed by atoms with Gasteiger partial charge in [-0.1, -0.05) is 29.8 Å². The molecule has 88 valence electrons. The van der Waals surface area contributed by atoms with Gasteiger partial charge in [0.1, 0.15) is 10.6 Å². The zero-order valence-corrected chi connectivity index (χ0v) is 9.80. The molecule has 2 nitrogen and oxygen atoms in total. The lowest BCUT2D eigenvalue weighted by molar-refractivity contribution is 0.102. The molecule has 0 aliphatic carbocycles. The van der Waals surface area contributed by atoms with Gasteiger partial charge < -0.3 is 0 Å². The average molecular weight is 253 g/mol. The average Bonchev–Trinajstić information content (AvgIpc) is 2.78. The van der Waals surface area contributed by atoms with Crippen LogP contribution in [-0.2, 0) is 0 Å². The third kappa shape index (κ3) is 2.39. The molecule has 0 fully saturated rings. The van der Waals surface area contributed by atoms with Crippen molar-refractivity contribution in [3.63, 3.8) is 0 Å². The van der Waals surface area contributed by atoms with Gasteiger partial charge in [-0.25, -0.2) is 13.8 Å². The first-order chi connectivity index (χ1) is 8.09. The second-order valence-electron chi connectivity index (χ2n) is 3.56. The number of aryl methyl sites for hydroxylation is 1. The van der Waals surface area contributed by atoms with Crippen molar-refractivity contribution in [1.29, 1.82) is 0 Å². The first-order valence-corrected chi connectivity index (χ1v) is 5.80. The van der Waals surface area contributed by atoms with Crippen LogP contribution in [0.2, 0.25) is 0 Å². The van der Waals surface area contributed by atoms with Crippen LogP contribution >= 0.6 is 11.3 Å². The molecular formula is C12H9F2NOS. The summed E-state index contributed by atoms with van der Waals surface area (Å²) >= 11 is 0.944. The quantitative estimate of drug-likeness (QED) is 0.782. The molecule has 17 heavy (non-hydrogen) atoms. The maximum atomic E-state index is 12.6. The summed E-state index contributed by atoms with van der Waals surface area (Å²) in [7, 11) is 0. The molecule has 0 saturated carbocycles. The number of aromatic nitrogens is 1. The normalized spacial score (nSPS) is 10.8. The fraction of sp³-hybridized carbons (Fsp3) is 0.167. The van der Waals surface area contributed by atoms with Crippen LogP contribution in [0.1, 0.15) is 32.9 Å². The number of carbonyl (C=O) groups is 1. The van der Waals surface area contributed by atoms with Gasteiger partial charge in [-0.2, -0.15) is 0 Å². The van der Waals surface area contributed by atoms with E-state index in [9.17, 15) is 13.6 Å². The molecule has 1 heterocycles. The van der Waals surface area contributed by atoms with Crippen molar-refractivity contribution in [3.8, 4) is 0 Å². The zero-order chi connectivity index (χ0) is 12.4. The van der Waals surface area contributed by atoms with Crippen molar-refractivity contribution in [3.05, 3.63) is 51.5 Å². The first kappa shape index (κ1) is 11.9. The lowest BCUT2D eigenvalue weighted by Gasteiger charge is -2.01. The molecule has 0 radical (unpaired) electrons. The van der Waals surface area contributed by atoms with Crippen molar-refractivity contribution in [2.24, 2.45) is 0 Å². The SMILES string of the molecule is Cc1ccc(C(=O)c2scnc2C(F)F)cc1. The van der Waals surface area contributed by atoms with Crippen molar-refractivity contribution >= 4 is 17.1 Å². The molecule has 0 atom stereocenters. The maximum absolute atomic E-state index is 12.6. The van der Waals surface area contributed by atoms with E-state index in [1.807, 2.05) is 6.92 Å². The summed E-state index contributed by atoms with van der Waals surface area (Å²) in [5.74, 6) is -0.400. The Morgan fingerprint density at radius 1 is 1.29 bits per heavy atom. The fourth-order valence-corrected chi connectivity index (χ4v) is 2.18. The number of hydrogen-bond acceptors (Lipinski definition) is 3. The van der Waals surface area contributed by atoms with E-state index in [4.69, 9.17) is 0 Å². The van der Waals surface area contributed by atoms with E-state index in [1.165, 1.54) is 5.51 Å². The Labute approximate surface area is 101 Å². The van der Waals surface area contributed by atoms with Gasteiger partial charge in [0.2, 0.25) is 5.78 Å². The lowest BCUT2D eigenvalue weighted by atomic mass is 10.1. The highest BCUT2D eigenvalue weighted by atomic mass is 32.1. The molecule has 0 unspecified atom stereocenters. The van der Waals surface area contributed by atoms with Crippen molar-refractivity contribution in [1.82, 2.24) is 4.98 Å². The minimum absolute atomic E-state index is 0.0175. The molecule has 0 amide bonds. The summed E-state index contributed by atoms with van der Waals surface area (Å²) in [6, 6.07) is 6.81. The Morgan fingerprint density at radius 2 is 1.94 bits per heavy atom. The Kier molecular flexibility index (Phi) is 3.28. The van der Waals surface area contributed by atoms with E-state index in [0.29, 0.717) is 5.56 Å². The van der Waals surface area contributed by atoms with Gasteiger partial charge in [-0.15, -0.1) is 11.3 Å². The van der Waals surface area contributed by atoms with Crippen LogP contribution in [0.15, 0.2) is 29.8 Å². The molecule has 0 spiro atoms. The van der Waals surface area contributed by atoms with Gasteiger partial charge in [-0.3, -0.25) is 4.79 Å². The van der Waals surface area contributed by atoms with Crippen LogP contribution in [0.25, 0.3) is 0 Å². The second kappa shape index (κ2) is 4.71. The monoisotopic (exact) mass is 253 g/mol. The number of thiazole rings is 1. The molecule has 0 saturated heterocycles. The van der Waals surface area contributed by atoms with Gasteiger partial charge in [0, 0.05) is 5.56 Å². The Hall–Kier alpha value is -1.62. The number of alkyl halides is 2. The molecule has 1 aromatic carbocycles. The van der Waals surface area contributed by atoms with Crippen LogP contribution < -0.4 is 0 Å². The van der Waals surface area contributed by atoms with Gasteiger partial charge in [0.05, 0.1) is 5.51 Å². The topological polar surface area (TPSA) is 30.0 Å². The van der Waals surface area contributed by atoms with Crippen molar-refractivity contribution in [2.45, 2.75) is 13.3 Å². The van der Waals surface area contributed by atoms with E-state index >= 15 is 0 Å². The highest BCUT2D eigenvalue weighted by Crippen LogP contribution is 2.26. The lowest BCUT2D eigenvalue weighted by Crippen LogP contribution is -2.03. The highest BCUT2D eigenvalue weighted by Gasteiger charge is 2.22. The zero-order valence-electron chi connectivity index (χ0n) is 8.98. The smallest absolute Gasteiger partial charge is 0.281 e. The molecule has 5 heteroatoms. The number of halogens is 2. The maximum Gasteiger partial charge on any atom is 0.281 e. The van der Waals surface area contributed by atoms with Crippen LogP contribution in [0.3, 0.4) is 0 Å². The van der Waals surface area contributed by atoms with E-state index in [0.717, 1.165) is 16.9 Å². The number of nitrogens with zero attached hydrogens (tertiary/aromatic N) is 1. The van der Waals surface area contributed by atoms with Crippen LogP contribution in [-0.4, -0.2) is 10.8 Å². The predicted octanol–water partition coefficient (Wildman–Crippen LogP) is 3.62. The first-order valence-electron chi connectivity index (χ1n) is 4.92. The van der Waals surface area contributed by atoms with Crippen LogP contribution in [0, 0.1) is 6.92 Å².